The van der Waals surface area contributed by atoms with E-state index >= 15 is 0 Å². The Labute approximate surface area is 129 Å². The van der Waals surface area contributed by atoms with Gasteiger partial charge in [-0.05, 0) is 62.8 Å². The summed E-state index contributed by atoms with van der Waals surface area (Å²) in [6.45, 7) is 4.93. The molecule has 110 valence electrons. The molecular weight excluding hydrogens is 318 g/mol. The monoisotopic (exact) mass is 339 g/mol. The van der Waals surface area contributed by atoms with Gasteiger partial charge < -0.3 is 10.0 Å². The van der Waals surface area contributed by atoms with E-state index < -0.39 is 0 Å². The minimum Gasteiger partial charge on any atom is -0.396 e. The van der Waals surface area contributed by atoms with Crippen molar-refractivity contribution < 1.29 is 9.90 Å². The van der Waals surface area contributed by atoms with E-state index in [9.17, 15) is 9.90 Å². The number of likely N-dealkylation sites (tertiary alicyclic amines) is 1. The fourth-order valence-electron chi connectivity index (χ4n) is 2.88. The lowest BCUT2D eigenvalue weighted by Gasteiger charge is -2.36. The van der Waals surface area contributed by atoms with Gasteiger partial charge in [-0.15, -0.1) is 0 Å². The summed E-state index contributed by atoms with van der Waals surface area (Å²) in [6, 6.07) is 4.16. The molecule has 1 atom stereocenters. The maximum absolute atomic E-state index is 12.8. The van der Waals surface area contributed by atoms with Crippen LogP contribution in [0.3, 0.4) is 0 Å². The van der Waals surface area contributed by atoms with Crippen molar-refractivity contribution in [2.45, 2.75) is 45.6 Å². The number of amides is 1. The van der Waals surface area contributed by atoms with Gasteiger partial charge in [0.2, 0.25) is 0 Å². The number of carbonyl (C=O) groups excluding carboxylic acids is 1. The van der Waals surface area contributed by atoms with Crippen LogP contribution in [0.4, 0.5) is 0 Å². The molecule has 1 fully saturated rings. The third-order valence-corrected chi connectivity index (χ3v) is 4.94. The molecule has 20 heavy (non-hydrogen) atoms. The van der Waals surface area contributed by atoms with Gasteiger partial charge >= 0.3 is 0 Å². The minimum absolute atomic E-state index is 0.108. The predicted molar refractivity (Wildman–Crippen MR) is 84.0 cm³/mol. The van der Waals surface area contributed by atoms with E-state index in [0.717, 1.165) is 47.0 Å². The number of nitrogens with zero attached hydrogens (tertiary/aromatic N) is 1. The lowest BCUT2D eigenvalue weighted by atomic mass is 9.97. The highest BCUT2D eigenvalue weighted by atomic mass is 79.9. The Morgan fingerprint density at radius 1 is 1.35 bits per heavy atom. The second kappa shape index (κ2) is 6.72. The summed E-state index contributed by atoms with van der Waals surface area (Å²) in [7, 11) is 0. The lowest BCUT2D eigenvalue weighted by Crippen LogP contribution is -2.44. The fourth-order valence-corrected chi connectivity index (χ4v) is 3.34. The van der Waals surface area contributed by atoms with E-state index in [1.807, 2.05) is 30.9 Å². The largest absolute Gasteiger partial charge is 0.396 e. The van der Waals surface area contributed by atoms with Crippen LogP contribution in [0.1, 0.15) is 47.2 Å². The zero-order valence-electron chi connectivity index (χ0n) is 12.2. The number of aliphatic hydroxyl groups excluding tert-OH is 1. The van der Waals surface area contributed by atoms with Gasteiger partial charge in [0.1, 0.15) is 0 Å². The Morgan fingerprint density at radius 3 is 2.80 bits per heavy atom. The van der Waals surface area contributed by atoms with Gasteiger partial charge in [0, 0.05) is 29.2 Å². The number of hydrogen-bond donors (Lipinski definition) is 1. The van der Waals surface area contributed by atoms with Gasteiger partial charge in [-0.1, -0.05) is 15.9 Å². The highest BCUT2D eigenvalue weighted by molar-refractivity contribution is 9.10. The first-order valence-electron chi connectivity index (χ1n) is 7.23. The molecular formula is C16H22BrNO2. The van der Waals surface area contributed by atoms with Crippen LogP contribution in [0.5, 0.6) is 0 Å². The topological polar surface area (TPSA) is 40.5 Å². The predicted octanol–water partition coefficient (Wildman–Crippen LogP) is 3.44. The SMILES string of the molecule is Cc1cc(C(=O)N2CCCCC2CCO)c(C)cc1Br. The third kappa shape index (κ3) is 3.23. The normalized spacial score (nSPS) is 19.2. The summed E-state index contributed by atoms with van der Waals surface area (Å²) in [6.07, 6.45) is 3.89. The number of benzene rings is 1. The van der Waals surface area contributed by atoms with Gasteiger partial charge in [0.05, 0.1) is 0 Å². The average molecular weight is 340 g/mol. The summed E-state index contributed by atoms with van der Waals surface area (Å²) in [5.74, 6) is 0.108. The molecule has 1 heterocycles. The highest BCUT2D eigenvalue weighted by Crippen LogP contribution is 2.26. The van der Waals surface area contributed by atoms with E-state index in [1.54, 1.807) is 0 Å². The fraction of sp³-hybridized carbons (Fsp3) is 0.562. The number of piperidine rings is 1. The van der Waals surface area contributed by atoms with Crippen LogP contribution >= 0.6 is 15.9 Å². The molecule has 1 aliphatic heterocycles. The number of carbonyl (C=O) groups is 1. The van der Waals surface area contributed by atoms with Crippen LogP contribution in [0.15, 0.2) is 16.6 Å². The molecule has 2 rings (SSSR count). The third-order valence-electron chi connectivity index (χ3n) is 4.09. The van der Waals surface area contributed by atoms with Crippen LogP contribution in [0.2, 0.25) is 0 Å². The standard InChI is InChI=1S/C16H22BrNO2/c1-11-10-15(17)12(2)9-14(11)16(20)18-7-4-3-5-13(18)6-8-19/h9-10,13,19H,3-8H2,1-2H3. The Balaban J connectivity index is 2.27. The molecule has 1 aliphatic rings. The second-order valence-corrected chi connectivity index (χ2v) is 6.43. The maximum atomic E-state index is 12.8. The van der Waals surface area contributed by atoms with Crippen molar-refractivity contribution in [2.24, 2.45) is 0 Å². The average Bonchev–Trinajstić information content (AvgIpc) is 2.43. The molecule has 3 nitrogen and oxygen atoms in total. The Morgan fingerprint density at radius 2 is 2.10 bits per heavy atom. The Bertz CT molecular complexity index is 499. The maximum Gasteiger partial charge on any atom is 0.254 e. The summed E-state index contributed by atoms with van der Waals surface area (Å²) in [5, 5.41) is 9.18. The van der Waals surface area contributed by atoms with Crippen molar-refractivity contribution in [1.29, 1.82) is 0 Å². The summed E-state index contributed by atoms with van der Waals surface area (Å²) < 4.78 is 1.04. The van der Waals surface area contributed by atoms with Gasteiger partial charge in [-0.3, -0.25) is 4.79 Å². The number of halogens is 1. The van der Waals surface area contributed by atoms with Crippen molar-refractivity contribution in [3.05, 3.63) is 33.3 Å². The smallest absolute Gasteiger partial charge is 0.254 e. The van der Waals surface area contributed by atoms with E-state index in [4.69, 9.17) is 0 Å². The van der Waals surface area contributed by atoms with E-state index in [0.29, 0.717) is 6.42 Å². The van der Waals surface area contributed by atoms with Crippen molar-refractivity contribution in [2.75, 3.05) is 13.2 Å². The van der Waals surface area contributed by atoms with Crippen LogP contribution in [-0.4, -0.2) is 35.1 Å². The summed E-state index contributed by atoms with van der Waals surface area (Å²) in [4.78, 5) is 14.8. The summed E-state index contributed by atoms with van der Waals surface area (Å²) in [5.41, 5.74) is 2.87. The van der Waals surface area contributed by atoms with Crippen LogP contribution < -0.4 is 0 Å². The van der Waals surface area contributed by atoms with Crippen LogP contribution in [0.25, 0.3) is 0 Å². The molecule has 0 aromatic heterocycles. The van der Waals surface area contributed by atoms with E-state index in [-0.39, 0.29) is 18.6 Å². The van der Waals surface area contributed by atoms with Crippen molar-refractivity contribution in [1.82, 2.24) is 4.90 Å². The molecule has 1 amide bonds. The number of rotatable bonds is 3. The molecule has 0 bridgehead atoms. The molecule has 0 saturated carbocycles. The molecule has 1 unspecified atom stereocenters. The minimum atomic E-state index is 0.108. The van der Waals surface area contributed by atoms with Crippen LogP contribution in [0, 0.1) is 13.8 Å². The number of aryl methyl sites for hydroxylation is 2. The second-order valence-electron chi connectivity index (χ2n) is 5.58. The van der Waals surface area contributed by atoms with Gasteiger partial charge in [0.15, 0.2) is 0 Å². The first-order valence-corrected chi connectivity index (χ1v) is 8.02. The molecule has 0 spiro atoms. The highest BCUT2D eigenvalue weighted by Gasteiger charge is 2.27. The molecule has 1 saturated heterocycles. The molecule has 1 aromatic rings. The zero-order valence-corrected chi connectivity index (χ0v) is 13.7. The summed E-state index contributed by atoms with van der Waals surface area (Å²) >= 11 is 3.50. The van der Waals surface area contributed by atoms with E-state index in [1.165, 1.54) is 0 Å². The molecule has 1 N–H and O–H groups in total. The Kier molecular flexibility index (Phi) is 5.22. The van der Waals surface area contributed by atoms with Gasteiger partial charge in [-0.25, -0.2) is 0 Å². The number of aliphatic hydroxyl groups is 1. The van der Waals surface area contributed by atoms with E-state index in [2.05, 4.69) is 15.9 Å². The first kappa shape index (κ1) is 15.5. The van der Waals surface area contributed by atoms with Gasteiger partial charge in [0.25, 0.3) is 5.91 Å². The molecule has 0 radical (unpaired) electrons. The Hall–Kier alpha value is -0.870. The van der Waals surface area contributed by atoms with Gasteiger partial charge in [-0.2, -0.15) is 0 Å². The van der Waals surface area contributed by atoms with Crippen molar-refractivity contribution in [3.8, 4) is 0 Å². The molecule has 0 aliphatic carbocycles. The molecule has 1 aromatic carbocycles. The number of hydrogen-bond acceptors (Lipinski definition) is 2. The van der Waals surface area contributed by atoms with Crippen LogP contribution in [-0.2, 0) is 0 Å². The quantitative estimate of drug-likeness (QED) is 0.916. The molecule has 4 heteroatoms. The van der Waals surface area contributed by atoms with Crippen molar-refractivity contribution in [3.63, 3.8) is 0 Å². The van der Waals surface area contributed by atoms with Crippen molar-refractivity contribution >= 4 is 21.8 Å². The zero-order chi connectivity index (χ0) is 14.7. The first-order chi connectivity index (χ1) is 9.54. The lowest BCUT2D eigenvalue weighted by molar-refractivity contribution is 0.0574.